The van der Waals surface area contributed by atoms with E-state index in [1.54, 1.807) is 4.90 Å². The van der Waals surface area contributed by atoms with E-state index in [2.05, 4.69) is 10.2 Å². The van der Waals surface area contributed by atoms with Crippen LogP contribution in [0, 0.1) is 0 Å². The molecule has 2 aliphatic rings. The summed E-state index contributed by atoms with van der Waals surface area (Å²) in [7, 11) is 0. The maximum absolute atomic E-state index is 12.7. The molecule has 1 aromatic rings. The molecule has 3 rings (SSSR count). The fourth-order valence-corrected chi connectivity index (χ4v) is 4.49. The van der Waals surface area contributed by atoms with Crippen LogP contribution in [0.2, 0.25) is 0 Å². The molecular formula is C17H22F3N3OS. The number of nitrogens with zero attached hydrogens (tertiary/aromatic N) is 2. The first-order chi connectivity index (χ1) is 11.9. The third kappa shape index (κ3) is 4.30. The van der Waals surface area contributed by atoms with E-state index in [4.69, 9.17) is 0 Å². The minimum atomic E-state index is -4.34. The standard InChI is InChI=1S/C17H22F3N3OS/c1-12-15(24)23(11-10-22-8-6-21-7-9-22)16(25-12)13-2-4-14(5-3-13)17(18,19)20/h2-5,12,16,21H,6-11H2,1H3/t12-,16-/m0/s1. The van der Waals surface area contributed by atoms with Crippen molar-refractivity contribution >= 4 is 17.7 Å². The number of piperazine rings is 1. The molecule has 8 heteroatoms. The van der Waals surface area contributed by atoms with Crippen molar-refractivity contribution in [3.8, 4) is 0 Å². The first kappa shape index (κ1) is 18.5. The summed E-state index contributed by atoms with van der Waals surface area (Å²) < 4.78 is 38.2. The Morgan fingerprint density at radius 3 is 2.40 bits per heavy atom. The lowest BCUT2D eigenvalue weighted by atomic mass is 10.1. The highest BCUT2D eigenvalue weighted by Gasteiger charge is 2.39. The third-order valence-corrected chi connectivity index (χ3v) is 6.03. The molecule has 1 amide bonds. The monoisotopic (exact) mass is 373 g/mol. The number of hydrogen-bond donors (Lipinski definition) is 1. The summed E-state index contributed by atoms with van der Waals surface area (Å²) in [6, 6.07) is 5.17. The minimum Gasteiger partial charge on any atom is -0.324 e. The van der Waals surface area contributed by atoms with Crippen molar-refractivity contribution in [2.75, 3.05) is 39.3 Å². The van der Waals surface area contributed by atoms with Gasteiger partial charge in [0.1, 0.15) is 5.37 Å². The molecule has 2 saturated heterocycles. The molecule has 2 aliphatic heterocycles. The van der Waals surface area contributed by atoms with E-state index in [0.29, 0.717) is 6.54 Å². The number of amides is 1. The second-order valence-electron chi connectivity index (χ2n) is 6.37. The zero-order valence-electron chi connectivity index (χ0n) is 14.1. The average molecular weight is 373 g/mol. The van der Waals surface area contributed by atoms with Gasteiger partial charge in [-0.05, 0) is 24.6 Å². The van der Waals surface area contributed by atoms with Gasteiger partial charge in [0.05, 0.1) is 10.8 Å². The number of carbonyl (C=O) groups excluding carboxylic acids is 1. The van der Waals surface area contributed by atoms with Crippen molar-refractivity contribution in [3.63, 3.8) is 0 Å². The molecule has 2 heterocycles. The SMILES string of the molecule is C[C@@H]1S[C@@H](c2ccc(C(F)(F)F)cc2)N(CCN2CCNCC2)C1=O. The van der Waals surface area contributed by atoms with E-state index in [0.717, 1.165) is 50.4 Å². The largest absolute Gasteiger partial charge is 0.416 e. The summed E-state index contributed by atoms with van der Waals surface area (Å²) in [5, 5.41) is 2.91. The molecule has 0 spiro atoms. The fourth-order valence-electron chi connectivity index (χ4n) is 3.18. The van der Waals surface area contributed by atoms with Crippen LogP contribution in [-0.4, -0.2) is 60.2 Å². The molecule has 1 aromatic carbocycles. The lowest BCUT2D eigenvalue weighted by molar-refractivity contribution is -0.137. The van der Waals surface area contributed by atoms with Crippen molar-refractivity contribution < 1.29 is 18.0 Å². The first-order valence-corrected chi connectivity index (χ1v) is 9.37. The Labute approximate surface area is 149 Å². The Hall–Kier alpha value is -1.25. The molecule has 0 aliphatic carbocycles. The number of benzene rings is 1. The van der Waals surface area contributed by atoms with Gasteiger partial charge in [0.2, 0.25) is 5.91 Å². The zero-order chi connectivity index (χ0) is 18.0. The Bertz CT molecular complexity index is 602. The van der Waals surface area contributed by atoms with Gasteiger partial charge in [-0.15, -0.1) is 11.8 Å². The topological polar surface area (TPSA) is 35.6 Å². The van der Waals surface area contributed by atoms with E-state index >= 15 is 0 Å². The van der Waals surface area contributed by atoms with Crippen LogP contribution in [0.4, 0.5) is 13.2 Å². The number of carbonyl (C=O) groups is 1. The Morgan fingerprint density at radius 2 is 1.80 bits per heavy atom. The molecule has 2 atom stereocenters. The highest BCUT2D eigenvalue weighted by molar-refractivity contribution is 8.01. The Morgan fingerprint density at radius 1 is 1.16 bits per heavy atom. The van der Waals surface area contributed by atoms with Gasteiger partial charge in [-0.3, -0.25) is 9.69 Å². The highest BCUT2D eigenvalue weighted by Crippen LogP contribution is 2.43. The Kier molecular flexibility index (Phi) is 5.60. The van der Waals surface area contributed by atoms with Gasteiger partial charge < -0.3 is 10.2 Å². The van der Waals surface area contributed by atoms with E-state index in [1.807, 2.05) is 6.92 Å². The summed E-state index contributed by atoms with van der Waals surface area (Å²) in [4.78, 5) is 16.6. The molecule has 0 saturated carbocycles. The summed E-state index contributed by atoms with van der Waals surface area (Å²) in [5.74, 6) is 0.0602. The van der Waals surface area contributed by atoms with Gasteiger partial charge in [0.15, 0.2) is 0 Å². The van der Waals surface area contributed by atoms with Gasteiger partial charge in [-0.2, -0.15) is 13.2 Å². The van der Waals surface area contributed by atoms with Gasteiger partial charge in [0.25, 0.3) is 0 Å². The van der Waals surface area contributed by atoms with E-state index in [1.165, 1.54) is 23.9 Å². The van der Waals surface area contributed by atoms with Crippen LogP contribution in [-0.2, 0) is 11.0 Å². The van der Waals surface area contributed by atoms with Crippen molar-refractivity contribution in [2.24, 2.45) is 0 Å². The molecule has 138 valence electrons. The second kappa shape index (κ2) is 7.55. The zero-order valence-corrected chi connectivity index (χ0v) is 14.9. The maximum atomic E-state index is 12.7. The van der Waals surface area contributed by atoms with Gasteiger partial charge in [-0.1, -0.05) is 12.1 Å². The quantitative estimate of drug-likeness (QED) is 0.880. The van der Waals surface area contributed by atoms with Crippen molar-refractivity contribution in [2.45, 2.75) is 23.7 Å². The normalized spacial score (nSPS) is 25.6. The van der Waals surface area contributed by atoms with Crippen LogP contribution in [0.3, 0.4) is 0 Å². The van der Waals surface area contributed by atoms with Crippen LogP contribution >= 0.6 is 11.8 Å². The molecule has 0 aromatic heterocycles. The van der Waals surface area contributed by atoms with E-state index < -0.39 is 11.7 Å². The van der Waals surface area contributed by atoms with Crippen molar-refractivity contribution in [1.29, 1.82) is 0 Å². The summed E-state index contributed by atoms with van der Waals surface area (Å²) in [5.41, 5.74) is 0.0852. The van der Waals surface area contributed by atoms with Crippen LogP contribution in [0.25, 0.3) is 0 Å². The molecular weight excluding hydrogens is 351 g/mol. The average Bonchev–Trinajstić information content (AvgIpc) is 2.88. The van der Waals surface area contributed by atoms with Crippen LogP contribution in [0.1, 0.15) is 23.4 Å². The molecule has 4 nitrogen and oxygen atoms in total. The van der Waals surface area contributed by atoms with Crippen molar-refractivity contribution in [3.05, 3.63) is 35.4 Å². The first-order valence-electron chi connectivity index (χ1n) is 8.42. The molecule has 25 heavy (non-hydrogen) atoms. The molecule has 0 bridgehead atoms. The molecule has 2 fully saturated rings. The highest BCUT2D eigenvalue weighted by atomic mass is 32.2. The fraction of sp³-hybridized carbons (Fsp3) is 0.588. The predicted octanol–water partition coefficient (Wildman–Crippen LogP) is 2.57. The molecule has 0 unspecified atom stereocenters. The van der Waals surface area contributed by atoms with Crippen LogP contribution in [0.5, 0.6) is 0 Å². The number of rotatable bonds is 4. The van der Waals surface area contributed by atoms with Gasteiger partial charge >= 0.3 is 6.18 Å². The van der Waals surface area contributed by atoms with Crippen LogP contribution in [0.15, 0.2) is 24.3 Å². The number of halogens is 3. The number of thioether (sulfide) groups is 1. The minimum absolute atomic E-state index is 0.0602. The second-order valence-corrected chi connectivity index (χ2v) is 7.80. The lowest BCUT2D eigenvalue weighted by Gasteiger charge is -2.31. The number of alkyl halides is 3. The number of hydrogen-bond acceptors (Lipinski definition) is 4. The van der Waals surface area contributed by atoms with E-state index in [9.17, 15) is 18.0 Å². The van der Waals surface area contributed by atoms with Crippen molar-refractivity contribution in [1.82, 2.24) is 15.1 Å². The molecule has 0 radical (unpaired) electrons. The van der Waals surface area contributed by atoms with Gasteiger partial charge in [-0.25, -0.2) is 0 Å². The lowest BCUT2D eigenvalue weighted by Crippen LogP contribution is -2.46. The maximum Gasteiger partial charge on any atom is 0.416 e. The van der Waals surface area contributed by atoms with Crippen LogP contribution < -0.4 is 5.32 Å². The summed E-state index contributed by atoms with van der Waals surface area (Å²) in [6.07, 6.45) is -4.34. The predicted molar refractivity (Wildman–Crippen MR) is 92.3 cm³/mol. The summed E-state index contributed by atoms with van der Waals surface area (Å²) in [6.45, 7) is 7.04. The number of nitrogens with one attached hydrogen (secondary N) is 1. The Balaban J connectivity index is 1.70. The van der Waals surface area contributed by atoms with Gasteiger partial charge in [0, 0.05) is 39.3 Å². The van der Waals surface area contributed by atoms with E-state index in [-0.39, 0.29) is 16.5 Å². The summed E-state index contributed by atoms with van der Waals surface area (Å²) >= 11 is 1.50. The smallest absolute Gasteiger partial charge is 0.324 e. The molecule has 1 N–H and O–H groups in total. The third-order valence-electron chi connectivity index (χ3n) is 4.64.